The van der Waals surface area contributed by atoms with Crippen LogP contribution in [0.25, 0.3) is 0 Å². The monoisotopic (exact) mass is 130 g/mol. The van der Waals surface area contributed by atoms with Crippen molar-refractivity contribution in [3.63, 3.8) is 0 Å². The van der Waals surface area contributed by atoms with Crippen molar-refractivity contribution < 1.29 is 0 Å². The summed E-state index contributed by atoms with van der Waals surface area (Å²) in [5.41, 5.74) is 0. The van der Waals surface area contributed by atoms with E-state index in [1.54, 1.807) is 6.33 Å². The van der Waals surface area contributed by atoms with Crippen molar-refractivity contribution in [3.8, 4) is 0 Å². The van der Waals surface area contributed by atoms with E-state index in [-0.39, 0.29) is 10.9 Å². The number of imidazole rings is 1. The molecule has 1 aromatic rings. The average molecular weight is 130 g/mol. The summed E-state index contributed by atoms with van der Waals surface area (Å²) in [4.78, 5) is 7.01. The quantitative estimate of drug-likeness (QED) is 0.546. The van der Waals surface area contributed by atoms with Gasteiger partial charge in [0.15, 0.2) is 0 Å². The Labute approximate surface area is 51.7 Å². The minimum atomic E-state index is -0.000900. The fraction of sp³-hybridized carbons (Fsp3) is 0.400. The second kappa shape index (κ2) is 2.22. The zero-order valence-corrected chi connectivity index (χ0v) is 5.94. The van der Waals surface area contributed by atoms with Gasteiger partial charge in [0.2, 0.25) is 0 Å². The van der Waals surface area contributed by atoms with E-state index in [1.807, 2.05) is 6.20 Å². The summed E-state index contributed by atoms with van der Waals surface area (Å²) in [6, 6.07) is 0. The van der Waals surface area contributed by atoms with Crippen molar-refractivity contribution in [2.75, 3.05) is 12.5 Å². The first-order valence-electron chi connectivity index (χ1n) is 2.47. The summed E-state index contributed by atoms with van der Waals surface area (Å²) < 4.78 is 0. The lowest BCUT2D eigenvalue weighted by atomic mass is 11.0. The van der Waals surface area contributed by atoms with Crippen molar-refractivity contribution in [2.24, 2.45) is 0 Å². The number of hydrogen-bond acceptors (Lipinski definition) is 1. The molecule has 0 unspecified atom stereocenters. The molecule has 0 atom stereocenters. The smallest absolute Gasteiger partial charge is 0.0938 e. The molecule has 0 fully saturated rings. The van der Waals surface area contributed by atoms with E-state index in [1.165, 1.54) is 5.03 Å². The van der Waals surface area contributed by atoms with Crippen LogP contribution in [0.15, 0.2) is 17.6 Å². The number of aromatic nitrogens is 2. The first-order chi connectivity index (χ1) is 3.80. The van der Waals surface area contributed by atoms with Crippen LogP contribution >= 0.6 is 10.9 Å². The number of nitrogens with one attached hydrogen (secondary N) is 1. The van der Waals surface area contributed by atoms with Crippen molar-refractivity contribution in [3.05, 3.63) is 12.5 Å². The molecule has 1 aromatic heterocycles. The van der Waals surface area contributed by atoms with Gasteiger partial charge < -0.3 is 4.98 Å². The van der Waals surface area contributed by atoms with Gasteiger partial charge in [-0.15, -0.1) is 0 Å². The summed E-state index contributed by atoms with van der Waals surface area (Å²) in [5.74, 6) is 0. The minimum Gasteiger partial charge on any atom is -0.350 e. The topological polar surface area (TPSA) is 28.7 Å². The first kappa shape index (κ1) is 5.69. The molecule has 0 spiro atoms. The second-order valence-corrected chi connectivity index (χ2v) is 4.07. The van der Waals surface area contributed by atoms with Crippen molar-refractivity contribution >= 4 is 10.9 Å². The van der Waals surface area contributed by atoms with E-state index in [2.05, 4.69) is 22.5 Å². The molecule has 0 aliphatic carbocycles. The number of nitrogens with zero attached hydrogens (tertiary/aromatic N) is 1. The van der Waals surface area contributed by atoms with Crippen LogP contribution in [0, 0.1) is 0 Å². The molecule has 0 aromatic carbocycles. The second-order valence-electron chi connectivity index (χ2n) is 1.82. The molecule has 0 amide bonds. The Morgan fingerprint density at radius 2 is 2.38 bits per heavy atom. The normalized spacial score (nSPS) is 11.5. The average Bonchev–Trinajstić information content (AvgIpc) is 2.12. The first-order valence-corrected chi connectivity index (χ1v) is 4.70. The van der Waals surface area contributed by atoms with Gasteiger partial charge in [-0.3, -0.25) is 0 Å². The molecule has 8 heavy (non-hydrogen) atoms. The molecule has 3 heteroatoms. The molecule has 0 saturated heterocycles. The lowest BCUT2D eigenvalue weighted by Gasteiger charge is -2.00. The van der Waals surface area contributed by atoms with Gasteiger partial charge >= 0.3 is 0 Å². The van der Waals surface area contributed by atoms with Crippen LogP contribution in [-0.4, -0.2) is 22.5 Å². The highest BCUT2D eigenvalue weighted by Gasteiger charge is 1.92. The number of aromatic amines is 1. The highest BCUT2D eigenvalue weighted by atomic mass is 32.2. The summed E-state index contributed by atoms with van der Waals surface area (Å²) in [5, 5.41) is 1.19. The number of hydrogen-bond donors (Lipinski definition) is 2. The highest BCUT2D eigenvalue weighted by molar-refractivity contribution is 8.15. The summed E-state index contributed by atoms with van der Waals surface area (Å²) in [6.07, 6.45) is 8.04. The highest BCUT2D eigenvalue weighted by Crippen LogP contribution is 2.23. The van der Waals surface area contributed by atoms with Crippen LogP contribution in [0.1, 0.15) is 0 Å². The van der Waals surface area contributed by atoms with E-state index < -0.39 is 0 Å². The third kappa shape index (κ3) is 1.04. The lowest BCUT2D eigenvalue weighted by molar-refractivity contribution is 1.20. The Bertz CT molecular complexity index is 145. The summed E-state index contributed by atoms with van der Waals surface area (Å²) in [7, 11) is -0.000900. The maximum absolute atomic E-state index is 4.09. The molecule has 1 N–H and O–H groups in total. The van der Waals surface area contributed by atoms with Gasteiger partial charge in [0.25, 0.3) is 0 Å². The summed E-state index contributed by atoms with van der Waals surface area (Å²) >= 11 is 0. The molecular weight excluding hydrogens is 120 g/mol. The van der Waals surface area contributed by atoms with Crippen LogP contribution in [0.2, 0.25) is 0 Å². The van der Waals surface area contributed by atoms with Crippen molar-refractivity contribution in [1.82, 2.24) is 9.97 Å². The van der Waals surface area contributed by atoms with Crippen molar-refractivity contribution in [1.29, 1.82) is 0 Å². The maximum Gasteiger partial charge on any atom is 0.0938 e. The fourth-order valence-electron chi connectivity index (χ4n) is 0.497. The molecule has 0 saturated carbocycles. The molecule has 0 aliphatic rings. The Balaban J connectivity index is 2.77. The molecule has 0 radical (unpaired) electrons. The van der Waals surface area contributed by atoms with E-state index in [0.29, 0.717) is 0 Å². The van der Waals surface area contributed by atoms with Gasteiger partial charge in [-0.2, -0.15) is 0 Å². The van der Waals surface area contributed by atoms with Gasteiger partial charge in [-0.1, -0.05) is 0 Å². The van der Waals surface area contributed by atoms with Crippen LogP contribution in [0.3, 0.4) is 0 Å². The Morgan fingerprint density at radius 1 is 1.62 bits per heavy atom. The molecule has 2 nitrogen and oxygen atoms in total. The summed E-state index contributed by atoms with van der Waals surface area (Å²) in [6.45, 7) is 0. The Hall–Kier alpha value is -0.440. The maximum atomic E-state index is 4.09. The SMILES string of the molecule is C[SH](C)c1c[nH]cn1. The fourth-order valence-corrected chi connectivity index (χ4v) is 1.12. The van der Waals surface area contributed by atoms with E-state index in [0.717, 1.165) is 0 Å². The van der Waals surface area contributed by atoms with E-state index in [9.17, 15) is 0 Å². The van der Waals surface area contributed by atoms with Gasteiger partial charge in [0.05, 0.1) is 11.4 Å². The molecule has 0 bridgehead atoms. The zero-order valence-electron chi connectivity index (χ0n) is 5.05. The van der Waals surface area contributed by atoms with Crippen LogP contribution in [-0.2, 0) is 0 Å². The zero-order chi connectivity index (χ0) is 5.98. The number of thiol groups is 1. The van der Waals surface area contributed by atoms with Crippen molar-refractivity contribution in [2.45, 2.75) is 5.03 Å². The van der Waals surface area contributed by atoms with E-state index in [4.69, 9.17) is 0 Å². The van der Waals surface area contributed by atoms with Gasteiger partial charge in [0, 0.05) is 6.20 Å². The molecule has 1 heterocycles. The number of H-pyrrole nitrogens is 1. The van der Waals surface area contributed by atoms with Crippen LogP contribution in [0.4, 0.5) is 0 Å². The third-order valence-corrected chi connectivity index (χ3v) is 2.10. The molecule has 0 aliphatic heterocycles. The van der Waals surface area contributed by atoms with Crippen LogP contribution < -0.4 is 0 Å². The predicted molar refractivity (Wildman–Crippen MR) is 37.7 cm³/mol. The van der Waals surface area contributed by atoms with E-state index >= 15 is 0 Å². The number of rotatable bonds is 1. The van der Waals surface area contributed by atoms with Crippen LogP contribution in [0.5, 0.6) is 0 Å². The predicted octanol–water partition coefficient (Wildman–Crippen LogP) is 1.03. The third-order valence-electron chi connectivity index (χ3n) is 0.942. The van der Waals surface area contributed by atoms with Gasteiger partial charge in [-0.25, -0.2) is 15.9 Å². The van der Waals surface area contributed by atoms with Gasteiger partial charge in [-0.05, 0) is 12.5 Å². The Morgan fingerprint density at radius 3 is 2.62 bits per heavy atom. The lowest BCUT2D eigenvalue weighted by Crippen LogP contribution is -1.73. The standard InChI is InChI=1S/C5H10N2S/c1-8(2)5-3-6-4-7-5/h3-4,8H,1-2H3,(H,6,7). The molecule has 1 rings (SSSR count). The largest absolute Gasteiger partial charge is 0.350 e. The molecule has 46 valence electrons. The van der Waals surface area contributed by atoms with Gasteiger partial charge in [0.1, 0.15) is 0 Å². The minimum absolute atomic E-state index is 0.000900. The Kier molecular flexibility index (Phi) is 1.58. The molecular formula is C5H10N2S.